The fourth-order valence-corrected chi connectivity index (χ4v) is 2.09. The van der Waals surface area contributed by atoms with Gasteiger partial charge in [0, 0.05) is 39.3 Å². The van der Waals surface area contributed by atoms with Crippen LogP contribution in [-0.4, -0.2) is 62.6 Å². The number of ether oxygens (including phenoxy) is 1. The Hall–Kier alpha value is -0.160. The molecule has 1 atom stereocenters. The Morgan fingerprint density at radius 1 is 1.53 bits per heavy atom. The Balaban J connectivity index is 2.57. The van der Waals surface area contributed by atoms with Crippen molar-refractivity contribution in [2.75, 3.05) is 46.5 Å². The Morgan fingerprint density at radius 2 is 2.27 bits per heavy atom. The molecular formula is C11H24N2O2. The molecule has 0 aliphatic carbocycles. The molecule has 15 heavy (non-hydrogen) atoms. The van der Waals surface area contributed by atoms with Crippen LogP contribution < -0.4 is 5.32 Å². The number of hydrogen-bond acceptors (Lipinski definition) is 4. The van der Waals surface area contributed by atoms with E-state index in [1.165, 1.54) is 0 Å². The van der Waals surface area contributed by atoms with Crippen LogP contribution >= 0.6 is 0 Å². The summed E-state index contributed by atoms with van der Waals surface area (Å²) < 4.78 is 5.10. The molecule has 90 valence electrons. The second-order valence-electron chi connectivity index (χ2n) is 5.09. The quantitative estimate of drug-likeness (QED) is 0.690. The Bertz CT molecular complexity index is 185. The number of hydrogen-bond donors (Lipinski definition) is 2. The van der Waals surface area contributed by atoms with Crippen LogP contribution in [0.3, 0.4) is 0 Å². The average molecular weight is 216 g/mol. The molecule has 1 unspecified atom stereocenters. The van der Waals surface area contributed by atoms with Crippen molar-refractivity contribution in [2.45, 2.75) is 19.9 Å². The van der Waals surface area contributed by atoms with Gasteiger partial charge in [0.2, 0.25) is 0 Å². The zero-order valence-corrected chi connectivity index (χ0v) is 10.1. The summed E-state index contributed by atoms with van der Waals surface area (Å²) in [6, 6.07) is 0.224. The highest BCUT2D eigenvalue weighted by Gasteiger charge is 2.29. The van der Waals surface area contributed by atoms with Crippen molar-refractivity contribution in [1.29, 1.82) is 0 Å². The first-order valence-electron chi connectivity index (χ1n) is 5.63. The minimum atomic E-state index is 0.215. The van der Waals surface area contributed by atoms with Crippen LogP contribution in [0.15, 0.2) is 0 Å². The number of nitrogens with one attached hydrogen (secondary N) is 1. The molecule has 4 nitrogen and oxygen atoms in total. The summed E-state index contributed by atoms with van der Waals surface area (Å²) in [5.74, 6) is 0. The molecule has 0 saturated carbocycles. The van der Waals surface area contributed by atoms with Crippen LogP contribution in [0, 0.1) is 5.41 Å². The molecule has 4 heteroatoms. The maximum Gasteiger partial charge on any atom is 0.0599 e. The molecule has 2 N–H and O–H groups in total. The molecule has 0 spiro atoms. The molecule has 1 saturated heterocycles. The molecule has 0 bridgehead atoms. The normalized spacial score (nSPS) is 27.6. The van der Waals surface area contributed by atoms with Crippen molar-refractivity contribution >= 4 is 0 Å². The third-order valence-electron chi connectivity index (χ3n) is 2.92. The Kier molecular flexibility index (Phi) is 4.99. The van der Waals surface area contributed by atoms with Crippen LogP contribution in [0.4, 0.5) is 0 Å². The molecular weight excluding hydrogens is 192 g/mol. The zero-order chi connectivity index (χ0) is 11.3. The van der Waals surface area contributed by atoms with Crippen molar-refractivity contribution in [3.05, 3.63) is 0 Å². The number of aliphatic hydroxyl groups excluding tert-OH is 1. The monoisotopic (exact) mass is 216 g/mol. The molecule has 1 aliphatic rings. The van der Waals surface area contributed by atoms with E-state index in [4.69, 9.17) is 4.74 Å². The van der Waals surface area contributed by atoms with E-state index in [-0.39, 0.29) is 18.1 Å². The number of aliphatic hydroxyl groups is 1. The molecule has 0 amide bonds. The fraction of sp³-hybridized carbons (Fsp3) is 1.00. The standard InChI is InChI=1S/C11H24N2O2/c1-11(2)8-12-6-10(7-14)13(9-11)4-5-15-3/h10,12,14H,4-9H2,1-3H3. The number of nitrogens with zero attached hydrogens (tertiary/aromatic N) is 1. The summed E-state index contributed by atoms with van der Waals surface area (Å²) in [5.41, 5.74) is 0.262. The molecule has 1 fully saturated rings. The van der Waals surface area contributed by atoms with E-state index in [1.54, 1.807) is 7.11 Å². The van der Waals surface area contributed by atoms with E-state index in [0.29, 0.717) is 0 Å². The van der Waals surface area contributed by atoms with Crippen LogP contribution in [-0.2, 0) is 4.74 Å². The number of rotatable bonds is 4. The lowest BCUT2D eigenvalue weighted by Crippen LogP contribution is -2.45. The lowest BCUT2D eigenvalue weighted by atomic mass is 9.93. The van der Waals surface area contributed by atoms with Gasteiger partial charge in [-0.2, -0.15) is 0 Å². The van der Waals surface area contributed by atoms with Gasteiger partial charge in [0.05, 0.1) is 13.2 Å². The highest BCUT2D eigenvalue weighted by Crippen LogP contribution is 2.19. The molecule has 0 aromatic carbocycles. The molecule has 0 aromatic rings. The predicted octanol–water partition coefficient (Wildman–Crippen LogP) is -0.0749. The average Bonchev–Trinajstić information content (AvgIpc) is 2.33. The highest BCUT2D eigenvalue weighted by molar-refractivity contribution is 4.85. The summed E-state index contributed by atoms with van der Waals surface area (Å²) in [4.78, 5) is 2.32. The van der Waals surface area contributed by atoms with Crippen molar-refractivity contribution < 1.29 is 9.84 Å². The number of methoxy groups -OCH3 is 1. The van der Waals surface area contributed by atoms with Gasteiger partial charge in [-0.05, 0) is 5.41 Å². The Morgan fingerprint density at radius 3 is 2.87 bits per heavy atom. The first kappa shape index (κ1) is 12.9. The van der Waals surface area contributed by atoms with E-state index in [9.17, 15) is 5.11 Å². The summed E-state index contributed by atoms with van der Waals surface area (Å²) in [7, 11) is 1.72. The van der Waals surface area contributed by atoms with E-state index in [0.717, 1.165) is 32.8 Å². The second kappa shape index (κ2) is 5.80. The predicted molar refractivity (Wildman–Crippen MR) is 61.0 cm³/mol. The van der Waals surface area contributed by atoms with Crippen molar-refractivity contribution in [3.63, 3.8) is 0 Å². The van der Waals surface area contributed by atoms with E-state index in [1.807, 2.05) is 0 Å². The van der Waals surface area contributed by atoms with Gasteiger partial charge in [-0.15, -0.1) is 0 Å². The fourth-order valence-electron chi connectivity index (χ4n) is 2.09. The van der Waals surface area contributed by atoms with Gasteiger partial charge in [-0.25, -0.2) is 0 Å². The van der Waals surface area contributed by atoms with Crippen molar-refractivity contribution in [2.24, 2.45) is 5.41 Å². The Labute approximate surface area is 92.6 Å². The van der Waals surface area contributed by atoms with Gasteiger partial charge in [0.25, 0.3) is 0 Å². The first-order valence-corrected chi connectivity index (χ1v) is 5.63. The largest absolute Gasteiger partial charge is 0.395 e. The van der Waals surface area contributed by atoms with Crippen LogP contribution in [0.2, 0.25) is 0 Å². The third-order valence-corrected chi connectivity index (χ3v) is 2.92. The maximum absolute atomic E-state index is 9.33. The lowest BCUT2D eigenvalue weighted by molar-refractivity contribution is 0.0751. The first-order chi connectivity index (χ1) is 7.09. The van der Waals surface area contributed by atoms with Gasteiger partial charge in [0.1, 0.15) is 0 Å². The SMILES string of the molecule is COCCN1CC(C)(C)CNCC1CO. The molecule has 0 radical (unpaired) electrons. The van der Waals surface area contributed by atoms with Crippen LogP contribution in [0.5, 0.6) is 0 Å². The van der Waals surface area contributed by atoms with E-state index in [2.05, 4.69) is 24.1 Å². The molecule has 1 heterocycles. The minimum Gasteiger partial charge on any atom is -0.395 e. The van der Waals surface area contributed by atoms with Gasteiger partial charge in [-0.3, -0.25) is 4.90 Å². The molecule has 1 aliphatic heterocycles. The van der Waals surface area contributed by atoms with Crippen LogP contribution in [0.25, 0.3) is 0 Å². The summed E-state index contributed by atoms with van der Waals surface area (Å²) in [5, 5.41) is 12.7. The maximum atomic E-state index is 9.33. The second-order valence-corrected chi connectivity index (χ2v) is 5.09. The lowest BCUT2D eigenvalue weighted by Gasteiger charge is -2.32. The zero-order valence-electron chi connectivity index (χ0n) is 10.1. The van der Waals surface area contributed by atoms with Crippen molar-refractivity contribution in [1.82, 2.24) is 10.2 Å². The summed E-state index contributed by atoms with van der Waals surface area (Å²) in [6.45, 7) is 9.22. The molecule has 1 rings (SSSR count). The van der Waals surface area contributed by atoms with Gasteiger partial charge >= 0.3 is 0 Å². The van der Waals surface area contributed by atoms with Gasteiger partial charge in [-0.1, -0.05) is 13.8 Å². The van der Waals surface area contributed by atoms with Crippen molar-refractivity contribution in [3.8, 4) is 0 Å². The third kappa shape index (κ3) is 4.07. The van der Waals surface area contributed by atoms with Gasteiger partial charge < -0.3 is 15.2 Å². The van der Waals surface area contributed by atoms with Gasteiger partial charge in [0.15, 0.2) is 0 Å². The smallest absolute Gasteiger partial charge is 0.0599 e. The van der Waals surface area contributed by atoms with E-state index < -0.39 is 0 Å². The minimum absolute atomic E-state index is 0.215. The van der Waals surface area contributed by atoms with Crippen LogP contribution in [0.1, 0.15) is 13.8 Å². The molecule has 0 aromatic heterocycles. The topological polar surface area (TPSA) is 44.7 Å². The summed E-state index contributed by atoms with van der Waals surface area (Å²) >= 11 is 0. The van der Waals surface area contributed by atoms with E-state index >= 15 is 0 Å². The summed E-state index contributed by atoms with van der Waals surface area (Å²) in [6.07, 6.45) is 0. The highest BCUT2D eigenvalue weighted by atomic mass is 16.5.